The van der Waals surface area contributed by atoms with Crippen molar-refractivity contribution in [2.45, 2.75) is 25.4 Å². The molecule has 1 atom stereocenters. The first kappa shape index (κ1) is 14.5. The highest BCUT2D eigenvalue weighted by Gasteiger charge is 2.24. The first-order valence-corrected chi connectivity index (χ1v) is 6.90. The molecule has 0 aliphatic carbocycles. The molecule has 1 heterocycles. The van der Waals surface area contributed by atoms with Crippen LogP contribution in [0.4, 0.5) is 0 Å². The Labute approximate surface area is 115 Å². The van der Waals surface area contributed by atoms with Crippen LogP contribution in [0.1, 0.15) is 18.4 Å². The Kier molecular flexibility index (Phi) is 4.99. The second-order valence-corrected chi connectivity index (χ2v) is 5.64. The fourth-order valence-corrected chi connectivity index (χ4v) is 2.76. The smallest absolute Gasteiger partial charge is 0.423 e. The van der Waals surface area contributed by atoms with E-state index in [2.05, 4.69) is 23.9 Å². The third-order valence-electron chi connectivity index (χ3n) is 3.74. The number of likely N-dealkylation sites (tertiary alicyclic amines) is 1. The first-order chi connectivity index (χ1) is 9.06. The zero-order valence-electron chi connectivity index (χ0n) is 11.8. The van der Waals surface area contributed by atoms with E-state index in [-0.39, 0.29) is 0 Å². The summed E-state index contributed by atoms with van der Waals surface area (Å²) in [5.74, 6) is 0. The lowest BCUT2D eigenvalue weighted by Gasteiger charge is -2.27. The zero-order chi connectivity index (χ0) is 13.8. The van der Waals surface area contributed by atoms with Gasteiger partial charge in [-0.15, -0.1) is 0 Å². The minimum atomic E-state index is -1.37. The molecule has 104 valence electrons. The third-order valence-corrected chi connectivity index (χ3v) is 3.74. The molecule has 4 nitrogen and oxygen atoms in total. The minimum absolute atomic E-state index is 0.551. The Morgan fingerprint density at radius 2 is 1.95 bits per heavy atom. The van der Waals surface area contributed by atoms with Crippen molar-refractivity contribution in [1.29, 1.82) is 0 Å². The molecule has 1 aliphatic heterocycles. The predicted molar refractivity (Wildman–Crippen MR) is 78.3 cm³/mol. The van der Waals surface area contributed by atoms with Gasteiger partial charge in [0.05, 0.1) is 0 Å². The lowest BCUT2D eigenvalue weighted by atomic mass is 9.80. The van der Waals surface area contributed by atoms with Crippen LogP contribution >= 0.6 is 0 Å². The molecule has 2 N–H and O–H groups in total. The summed E-state index contributed by atoms with van der Waals surface area (Å²) in [4.78, 5) is 4.76. The lowest BCUT2D eigenvalue weighted by molar-refractivity contribution is 0.201. The molecule has 1 fully saturated rings. The van der Waals surface area contributed by atoms with Crippen LogP contribution in [0.2, 0.25) is 0 Å². The van der Waals surface area contributed by atoms with Gasteiger partial charge in [0, 0.05) is 19.1 Å². The van der Waals surface area contributed by atoms with Crippen LogP contribution in [0.25, 0.3) is 0 Å². The summed E-state index contributed by atoms with van der Waals surface area (Å²) >= 11 is 0. The van der Waals surface area contributed by atoms with Gasteiger partial charge in [0.25, 0.3) is 0 Å². The molecule has 19 heavy (non-hydrogen) atoms. The van der Waals surface area contributed by atoms with Gasteiger partial charge in [0.1, 0.15) is 0 Å². The maximum Gasteiger partial charge on any atom is 0.488 e. The van der Waals surface area contributed by atoms with E-state index < -0.39 is 7.12 Å². The van der Waals surface area contributed by atoms with Crippen molar-refractivity contribution in [1.82, 2.24) is 9.80 Å². The van der Waals surface area contributed by atoms with Gasteiger partial charge in [-0.2, -0.15) is 0 Å². The van der Waals surface area contributed by atoms with Crippen molar-refractivity contribution in [2.24, 2.45) is 0 Å². The second kappa shape index (κ2) is 6.52. The summed E-state index contributed by atoms with van der Waals surface area (Å²) in [6.45, 7) is 3.20. The number of rotatable bonds is 5. The molecule has 1 unspecified atom stereocenters. The summed E-state index contributed by atoms with van der Waals surface area (Å²) in [5.41, 5.74) is 1.78. The molecule has 1 saturated heterocycles. The Bertz CT molecular complexity index is 395. The van der Waals surface area contributed by atoms with Gasteiger partial charge in [-0.05, 0) is 44.5 Å². The van der Waals surface area contributed by atoms with Crippen molar-refractivity contribution in [3.63, 3.8) is 0 Å². The maximum absolute atomic E-state index is 9.08. The molecular weight excluding hydrogens is 239 g/mol. The fourth-order valence-electron chi connectivity index (χ4n) is 2.76. The van der Waals surface area contributed by atoms with Crippen LogP contribution in [0.5, 0.6) is 0 Å². The molecule has 1 aromatic rings. The molecule has 5 heteroatoms. The Balaban J connectivity index is 1.96. The van der Waals surface area contributed by atoms with Crippen molar-refractivity contribution in [3.8, 4) is 0 Å². The van der Waals surface area contributed by atoms with E-state index in [4.69, 9.17) is 10.0 Å². The average Bonchev–Trinajstić information content (AvgIpc) is 2.76. The van der Waals surface area contributed by atoms with Crippen LogP contribution in [-0.2, 0) is 6.54 Å². The van der Waals surface area contributed by atoms with Crippen molar-refractivity contribution >= 4 is 12.6 Å². The van der Waals surface area contributed by atoms with Crippen LogP contribution in [-0.4, -0.2) is 60.2 Å². The summed E-state index contributed by atoms with van der Waals surface area (Å²) in [6.07, 6.45) is 2.54. The van der Waals surface area contributed by atoms with Gasteiger partial charge >= 0.3 is 7.12 Å². The van der Waals surface area contributed by atoms with Gasteiger partial charge in [0.2, 0.25) is 0 Å². The number of hydrogen-bond acceptors (Lipinski definition) is 4. The standard InChI is InChI=1S/C14H23BN2O2/c1-16(2)11-14-4-3-9-17(14)10-12-5-7-13(8-6-12)15(18)19/h5-8,14,18-19H,3-4,9-11H2,1-2H3. The van der Waals surface area contributed by atoms with Gasteiger partial charge in [-0.1, -0.05) is 24.3 Å². The number of benzene rings is 1. The molecule has 0 spiro atoms. The van der Waals surface area contributed by atoms with E-state index >= 15 is 0 Å². The minimum Gasteiger partial charge on any atom is -0.423 e. The second-order valence-electron chi connectivity index (χ2n) is 5.64. The SMILES string of the molecule is CN(C)CC1CCCN1Cc1ccc(B(O)O)cc1. The van der Waals surface area contributed by atoms with Gasteiger partial charge in [0.15, 0.2) is 0 Å². The first-order valence-electron chi connectivity index (χ1n) is 6.90. The monoisotopic (exact) mass is 262 g/mol. The number of nitrogens with zero attached hydrogens (tertiary/aromatic N) is 2. The third kappa shape index (κ3) is 4.04. The molecule has 0 radical (unpaired) electrons. The predicted octanol–water partition coefficient (Wildman–Crippen LogP) is -0.108. The van der Waals surface area contributed by atoms with E-state index in [9.17, 15) is 0 Å². The van der Waals surface area contributed by atoms with E-state index in [1.54, 1.807) is 12.1 Å². The summed E-state index contributed by atoms with van der Waals surface area (Å²) in [6, 6.07) is 8.19. The van der Waals surface area contributed by atoms with Crippen LogP contribution in [0.3, 0.4) is 0 Å². The van der Waals surface area contributed by atoms with E-state index in [1.165, 1.54) is 18.4 Å². The summed E-state index contributed by atoms with van der Waals surface area (Å²) in [7, 11) is 2.87. The molecule has 0 bridgehead atoms. The molecule has 0 saturated carbocycles. The van der Waals surface area contributed by atoms with Crippen LogP contribution in [0, 0.1) is 0 Å². The lowest BCUT2D eigenvalue weighted by Crippen LogP contribution is -2.37. The van der Waals surface area contributed by atoms with E-state index in [1.807, 2.05) is 12.1 Å². The molecular formula is C14H23BN2O2. The van der Waals surface area contributed by atoms with Crippen molar-refractivity contribution in [3.05, 3.63) is 29.8 Å². The maximum atomic E-state index is 9.08. The summed E-state index contributed by atoms with van der Waals surface area (Å²) < 4.78 is 0. The fraction of sp³-hybridized carbons (Fsp3) is 0.571. The van der Waals surface area contributed by atoms with Gasteiger partial charge < -0.3 is 14.9 Å². The quantitative estimate of drug-likeness (QED) is 0.727. The highest BCUT2D eigenvalue weighted by atomic mass is 16.4. The van der Waals surface area contributed by atoms with Gasteiger partial charge in [-0.25, -0.2) is 0 Å². The highest BCUT2D eigenvalue weighted by molar-refractivity contribution is 6.58. The zero-order valence-corrected chi connectivity index (χ0v) is 11.8. The Hall–Kier alpha value is -0.875. The summed E-state index contributed by atoms with van der Waals surface area (Å²) in [5, 5.41) is 18.2. The Morgan fingerprint density at radius 3 is 2.53 bits per heavy atom. The van der Waals surface area contributed by atoms with Crippen molar-refractivity contribution in [2.75, 3.05) is 27.2 Å². The largest absolute Gasteiger partial charge is 0.488 e. The average molecular weight is 262 g/mol. The molecule has 2 rings (SSSR count). The van der Waals surface area contributed by atoms with Gasteiger partial charge in [-0.3, -0.25) is 4.90 Å². The van der Waals surface area contributed by atoms with E-state index in [0.29, 0.717) is 11.5 Å². The topological polar surface area (TPSA) is 46.9 Å². The molecule has 0 amide bonds. The highest BCUT2D eigenvalue weighted by Crippen LogP contribution is 2.20. The Morgan fingerprint density at radius 1 is 1.26 bits per heavy atom. The molecule has 0 aromatic heterocycles. The molecule has 1 aromatic carbocycles. The van der Waals surface area contributed by atoms with Crippen LogP contribution in [0.15, 0.2) is 24.3 Å². The molecule has 1 aliphatic rings. The van der Waals surface area contributed by atoms with E-state index in [0.717, 1.165) is 19.6 Å². The number of hydrogen-bond donors (Lipinski definition) is 2. The number of likely N-dealkylation sites (N-methyl/N-ethyl adjacent to an activating group) is 1. The van der Waals surface area contributed by atoms with Crippen LogP contribution < -0.4 is 5.46 Å². The van der Waals surface area contributed by atoms with Crippen molar-refractivity contribution < 1.29 is 10.0 Å². The normalized spacial score (nSPS) is 20.2.